The molecule has 1 fully saturated rings. The van der Waals surface area contributed by atoms with Crippen molar-refractivity contribution in [1.29, 1.82) is 0 Å². The molecule has 0 radical (unpaired) electrons. The Balaban J connectivity index is 1.75. The van der Waals surface area contributed by atoms with E-state index >= 15 is 0 Å². The van der Waals surface area contributed by atoms with E-state index in [0.29, 0.717) is 11.2 Å². The number of nitrogens with one attached hydrogen (secondary N) is 1. The molecule has 3 rings (SSSR count). The maximum absolute atomic E-state index is 11.4. The lowest BCUT2D eigenvalue weighted by Crippen LogP contribution is -2.39. The van der Waals surface area contributed by atoms with E-state index in [-0.39, 0.29) is 11.5 Å². The molecule has 0 spiro atoms. The van der Waals surface area contributed by atoms with Gasteiger partial charge in [-0.25, -0.2) is 0 Å². The molecule has 0 bridgehead atoms. The number of ether oxygens (including phenoxy) is 1. The Hall–Kier alpha value is -0.870. The molecule has 2 aliphatic rings. The molecular formula is C16H20BrNO2. The van der Waals surface area contributed by atoms with E-state index in [1.807, 2.05) is 13.2 Å². The van der Waals surface area contributed by atoms with Crippen molar-refractivity contribution in [3.05, 3.63) is 29.3 Å². The van der Waals surface area contributed by atoms with Crippen LogP contribution in [-0.4, -0.2) is 18.6 Å². The summed E-state index contributed by atoms with van der Waals surface area (Å²) in [6.45, 7) is 0. The second-order valence-electron chi connectivity index (χ2n) is 5.88. The van der Waals surface area contributed by atoms with Gasteiger partial charge in [-0.1, -0.05) is 28.1 Å². The molecule has 4 heteroatoms. The predicted molar refractivity (Wildman–Crippen MR) is 83.3 cm³/mol. The van der Waals surface area contributed by atoms with Crippen LogP contribution in [0.5, 0.6) is 0 Å². The monoisotopic (exact) mass is 337 g/mol. The van der Waals surface area contributed by atoms with Crippen molar-refractivity contribution >= 4 is 27.5 Å². The van der Waals surface area contributed by atoms with Crippen LogP contribution in [0.15, 0.2) is 18.2 Å². The summed E-state index contributed by atoms with van der Waals surface area (Å²) in [6.07, 6.45) is 6.02. The van der Waals surface area contributed by atoms with Crippen molar-refractivity contribution in [3.8, 4) is 0 Å². The lowest BCUT2D eigenvalue weighted by atomic mass is 9.76. The lowest BCUT2D eigenvalue weighted by Gasteiger charge is -2.42. The molecule has 20 heavy (non-hydrogen) atoms. The number of fused-ring (bicyclic) bond motifs is 1. The molecule has 1 N–H and O–H groups in total. The number of halogens is 1. The van der Waals surface area contributed by atoms with Crippen LogP contribution >= 0.6 is 15.9 Å². The average Bonchev–Trinajstić information content (AvgIpc) is 2.42. The summed E-state index contributed by atoms with van der Waals surface area (Å²) in [5.74, 6) is 0.119. The second-order valence-corrected chi connectivity index (χ2v) is 6.98. The SMILES string of the molecule is COC1(CC(Br)c2ccc3c(c2)CCC(=O)N3)CCC1. The van der Waals surface area contributed by atoms with E-state index in [2.05, 4.69) is 33.4 Å². The standard InChI is InChI=1S/C16H20BrNO2/c1-20-16(7-2-8-16)10-13(17)11-3-5-14-12(9-11)4-6-15(19)18-14/h3,5,9,13H,2,4,6-8,10H2,1H3,(H,18,19). The van der Waals surface area contributed by atoms with Crippen LogP contribution < -0.4 is 5.32 Å². The van der Waals surface area contributed by atoms with Crippen molar-refractivity contribution in [2.75, 3.05) is 12.4 Å². The number of carbonyl (C=O) groups is 1. The zero-order valence-electron chi connectivity index (χ0n) is 11.7. The minimum atomic E-state index is 0.0677. The number of hydrogen-bond acceptors (Lipinski definition) is 2. The van der Waals surface area contributed by atoms with Gasteiger partial charge in [-0.2, -0.15) is 0 Å². The number of benzene rings is 1. The predicted octanol–water partition coefficient (Wildman–Crippen LogP) is 3.97. The Labute approximate surface area is 128 Å². The fourth-order valence-electron chi connectivity index (χ4n) is 3.11. The first kappa shape index (κ1) is 14.1. The van der Waals surface area contributed by atoms with Gasteiger partial charge in [0.2, 0.25) is 5.91 Å². The summed E-state index contributed by atoms with van der Waals surface area (Å²) in [5, 5.41) is 2.93. The normalized spacial score (nSPS) is 21.6. The van der Waals surface area contributed by atoms with Gasteiger partial charge in [0.1, 0.15) is 0 Å². The van der Waals surface area contributed by atoms with E-state index in [9.17, 15) is 4.79 Å². The molecule has 1 heterocycles. The molecule has 3 nitrogen and oxygen atoms in total. The van der Waals surface area contributed by atoms with Crippen molar-refractivity contribution in [3.63, 3.8) is 0 Å². The molecule has 0 saturated heterocycles. The first-order valence-corrected chi connectivity index (χ1v) is 8.15. The maximum Gasteiger partial charge on any atom is 0.224 e. The Morgan fingerprint density at radius 3 is 2.85 bits per heavy atom. The van der Waals surface area contributed by atoms with Gasteiger partial charge in [-0.3, -0.25) is 4.79 Å². The number of amides is 1. The molecule has 1 aliphatic heterocycles. The second kappa shape index (κ2) is 5.49. The third-order valence-corrected chi connectivity index (χ3v) is 5.49. The molecular weight excluding hydrogens is 318 g/mol. The number of carbonyl (C=O) groups excluding carboxylic acids is 1. The molecule has 0 aromatic heterocycles. The number of methoxy groups -OCH3 is 1. The van der Waals surface area contributed by atoms with Crippen molar-refractivity contribution < 1.29 is 9.53 Å². The Morgan fingerprint density at radius 1 is 1.40 bits per heavy atom. The van der Waals surface area contributed by atoms with Crippen LogP contribution in [0.3, 0.4) is 0 Å². The molecule has 1 amide bonds. The molecule has 1 atom stereocenters. The number of anilines is 1. The van der Waals surface area contributed by atoms with Gasteiger partial charge in [-0.15, -0.1) is 0 Å². The van der Waals surface area contributed by atoms with Gasteiger partial charge in [0, 0.05) is 24.0 Å². The molecule has 1 unspecified atom stereocenters. The van der Waals surface area contributed by atoms with Gasteiger partial charge < -0.3 is 10.1 Å². The smallest absolute Gasteiger partial charge is 0.224 e. The van der Waals surface area contributed by atoms with E-state index in [1.54, 1.807) is 0 Å². The minimum absolute atomic E-state index is 0.0677. The highest BCUT2D eigenvalue weighted by molar-refractivity contribution is 9.09. The summed E-state index contributed by atoms with van der Waals surface area (Å²) >= 11 is 3.81. The van der Waals surface area contributed by atoms with E-state index in [0.717, 1.165) is 31.4 Å². The summed E-state index contributed by atoms with van der Waals surface area (Å²) in [4.78, 5) is 11.7. The van der Waals surface area contributed by atoms with E-state index < -0.39 is 0 Å². The van der Waals surface area contributed by atoms with Crippen LogP contribution in [0.25, 0.3) is 0 Å². The fraction of sp³-hybridized carbons (Fsp3) is 0.562. The molecule has 1 saturated carbocycles. The Kier molecular flexibility index (Phi) is 3.87. The van der Waals surface area contributed by atoms with Crippen molar-refractivity contribution in [2.45, 2.75) is 49.0 Å². The summed E-state index contributed by atoms with van der Waals surface area (Å²) in [6, 6.07) is 6.35. The fourth-order valence-corrected chi connectivity index (χ4v) is 3.98. The van der Waals surface area contributed by atoms with Crippen molar-refractivity contribution in [1.82, 2.24) is 0 Å². The molecule has 1 aromatic carbocycles. The van der Waals surface area contributed by atoms with Crippen LogP contribution in [0, 0.1) is 0 Å². The third kappa shape index (κ3) is 2.63. The molecule has 1 aliphatic carbocycles. The number of hydrogen-bond donors (Lipinski definition) is 1. The van der Waals surface area contributed by atoms with Crippen LogP contribution in [-0.2, 0) is 16.0 Å². The quantitative estimate of drug-likeness (QED) is 0.844. The highest BCUT2D eigenvalue weighted by Crippen LogP contribution is 2.45. The maximum atomic E-state index is 11.4. The Morgan fingerprint density at radius 2 is 2.20 bits per heavy atom. The van der Waals surface area contributed by atoms with Crippen molar-refractivity contribution in [2.24, 2.45) is 0 Å². The van der Waals surface area contributed by atoms with E-state index in [4.69, 9.17) is 4.74 Å². The largest absolute Gasteiger partial charge is 0.378 e. The number of rotatable bonds is 4. The third-order valence-electron chi connectivity index (χ3n) is 4.64. The molecule has 108 valence electrons. The van der Waals surface area contributed by atoms with Crippen LogP contribution in [0.4, 0.5) is 5.69 Å². The minimum Gasteiger partial charge on any atom is -0.378 e. The van der Waals surface area contributed by atoms with Gasteiger partial charge in [0.05, 0.1) is 5.60 Å². The molecule has 1 aromatic rings. The first-order valence-electron chi connectivity index (χ1n) is 7.24. The lowest BCUT2D eigenvalue weighted by molar-refractivity contribution is -0.116. The number of alkyl halides is 1. The Bertz CT molecular complexity index is 520. The summed E-state index contributed by atoms with van der Waals surface area (Å²) in [5.41, 5.74) is 3.56. The highest BCUT2D eigenvalue weighted by Gasteiger charge is 2.38. The van der Waals surface area contributed by atoms with Gasteiger partial charge in [-0.05, 0) is 49.3 Å². The zero-order valence-corrected chi connectivity index (χ0v) is 13.3. The summed E-state index contributed by atoms with van der Waals surface area (Å²) < 4.78 is 5.71. The summed E-state index contributed by atoms with van der Waals surface area (Å²) in [7, 11) is 1.82. The van der Waals surface area contributed by atoms with Gasteiger partial charge >= 0.3 is 0 Å². The van der Waals surface area contributed by atoms with Crippen LogP contribution in [0.1, 0.15) is 48.1 Å². The van der Waals surface area contributed by atoms with Gasteiger partial charge in [0.25, 0.3) is 0 Å². The number of aryl methyl sites for hydroxylation is 1. The zero-order chi connectivity index (χ0) is 14.2. The highest BCUT2D eigenvalue weighted by atomic mass is 79.9. The topological polar surface area (TPSA) is 38.3 Å². The van der Waals surface area contributed by atoms with E-state index in [1.165, 1.54) is 17.5 Å². The average molecular weight is 338 g/mol. The van der Waals surface area contributed by atoms with Crippen LogP contribution in [0.2, 0.25) is 0 Å². The first-order chi connectivity index (χ1) is 9.62. The van der Waals surface area contributed by atoms with Gasteiger partial charge in [0.15, 0.2) is 0 Å².